The summed E-state index contributed by atoms with van der Waals surface area (Å²) in [6, 6.07) is 9.92. The highest BCUT2D eigenvalue weighted by Gasteiger charge is 1.98. The van der Waals surface area contributed by atoms with Crippen LogP contribution in [0.4, 0.5) is 4.79 Å². The topological polar surface area (TPSA) is 50.4 Å². The average Bonchev–Trinajstić information content (AvgIpc) is 2.31. The zero-order chi connectivity index (χ0) is 11.6. The molecule has 1 aromatic carbocycles. The molecule has 4 nitrogen and oxygen atoms in total. The standard InChI is InChI=1S/C12H18N2O2/c1-16-10-9-14-12(15)13-8-7-11-5-3-2-4-6-11/h2-6H,7-10H2,1H3,(H2,13,14,15). The van der Waals surface area contributed by atoms with Crippen LogP contribution in [-0.4, -0.2) is 32.8 Å². The number of carbonyl (C=O) groups excluding carboxylic acids is 1. The van der Waals surface area contributed by atoms with Gasteiger partial charge < -0.3 is 15.4 Å². The summed E-state index contributed by atoms with van der Waals surface area (Å²) in [5.74, 6) is 0. The minimum atomic E-state index is -0.145. The Morgan fingerprint density at radius 2 is 1.88 bits per heavy atom. The normalized spacial score (nSPS) is 9.81. The number of ether oxygens (including phenoxy) is 1. The zero-order valence-corrected chi connectivity index (χ0v) is 9.53. The summed E-state index contributed by atoms with van der Waals surface area (Å²) in [5.41, 5.74) is 1.22. The Morgan fingerprint density at radius 1 is 1.19 bits per heavy atom. The summed E-state index contributed by atoms with van der Waals surface area (Å²) < 4.78 is 4.82. The highest BCUT2D eigenvalue weighted by Crippen LogP contribution is 1.97. The molecule has 0 atom stereocenters. The molecular formula is C12H18N2O2. The van der Waals surface area contributed by atoms with Crippen molar-refractivity contribution in [3.8, 4) is 0 Å². The second-order valence-electron chi connectivity index (χ2n) is 3.41. The summed E-state index contributed by atoms with van der Waals surface area (Å²) in [6.07, 6.45) is 0.846. The Balaban J connectivity index is 2.09. The van der Waals surface area contributed by atoms with Gasteiger partial charge in [-0.05, 0) is 12.0 Å². The van der Waals surface area contributed by atoms with Gasteiger partial charge in [-0.3, -0.25) is 0 Å². The predicted molar refractivity (Wildman–Crippen MR) is 63.4 cm³/mol. The number of benzene rings is 1. The van der Waals surface area contributed by atoms with Crippen molar-refractivity contribution in [1.82, 2.24) is 10.6 Å². The monoisotopic (exact) mass is 222 g/mol. The summed E-state index contributed by atoms with van der Waals surface area (Å²) >= 11 is 0. The second kappa shape index (κ2) is 7.70. The summed E-state index contributed by atoms with van der Waals surface area (Å²) in [4.78, 5) is 11.2. The second-order valence-corrected chi connectivity index (χ2v) is 3.41. The van der Waals surface area contributed by atoms with Crippen molar-refractivity contribution in [2.24, 2.45) is 0 Å². The number of amides is 2. The maximum absolute atomic E-state index is 11.2. The number of rotatable bonds is 6. The maximum Gasteiger partial charge on any atom is 0.314 e. The van der Waals surface area contributed by atoms with Gasteiger partial charge in [-0.15, -0.1) is 0 Å². The molecule has 2 amide bonds. The zero-order valence-electron chi connectivity index (χ0n) is 9.53. The van der Waals surface area contributed by atoms with Gasteiger partial charge in [0.1, 0.15) is 0 Å². The number of nitrogens with one attached hydrogen (secondary N) is 2. The molecule has 0 bridgehead atoms. The van der Waals surface area contributed by atoms with Crippen molar-refractivity contribution in [2.75, 3.05) is 26.8 Å². The van der Waals surface area contributed by atoms with Crippen molar-refractivity contribution in [2.45, 2.75) is 6.42 Å². The molecule has 1 rings (SSSR count). The molecule has 0 heterocycles. The van der Waals surface area contributed by atoms with Gasteiger partial charge in [-0.2, -0.15) is 0 Å². The molecular weight excluding hydrogens is 204 g/mol. The number of urea groups is 1. The van der Waals surface area contributed by atoms with Crippen LogP contribution in [0.2, 0.25) is 0 Å². The summed E-state index contributed by atoms with van der Waals surface area (Å²) in [5, 5.41) is 5.48. The van der Waals surface area contributed by atoms with Crippen LogP contribution in [0, 0.1) is 0 Å². The smallest absolute Gasteiger partial charge is 0.314 e. The van der Waals surface area contributed by atoms with Crippen LogP contribution in [0.25, 0.3) is 0 Å². The SMILES string of the molecule is COCCNC(=O)NCCc1ccccc1. The lowest BCUT2D eigenvalue weighted by Crippen LogP contribution is -2.38. The molecule has 0 aliphatic rings. The van der Waals surface area contributed by atoms with Gasteiger partial charge in [0, 0.05) is 20.2 Å². The highest BCUT2D eigenvalue weighted by molar-refractivity contribution is 5.73. The minimum absolute atomic E-state index is 0.145. The lowest BCUT2D eigenvalue weighted by molar-refractivity contribution is 0.196. The van der Waals surface area contributed by atoms with Crippen LogP contribution in [0.3, 0.4) is 0 Å². The molecule has 0 aromatic heterocycles. The van der Waals surface area contributed by atoms with E-state index in [4.69, 9.17) is 4.74 Å². The maximum atomic E-state index is 11.2. The van der Waals surface area contributed by atoms with E-state index in [0.717, 1.165) is 6.42 Å². The van der Waals surface area contributed by atoms with Crippen molar-refractivity contribution >= 4 is 6.03 Å². The summed E-state index contributed by atoms with van der Waals surface area (Å²) in [7, 11) is 1.61. The molecule has 0 aliphatic heterocycles. The van der Waals surface area contributed by atoms with Crippen LogP contribution in [0.1, 0.15) is 5.56 Å². The molecule has 2 N–H and O–H groups in total. The van der Waals surface area contributed by atoms with Gasteiger partial charge in [-0.1, -0.05) is 30.3 Å². The van der Waals surface area contributed by atoms with E-state index in [1.165, 1.54) is 5.56 Å². The van der Waals surface area contributed by atoms with Gasteiger partial charge in [0.25, 0.3) is 0 Å². The molecule has 0 saturated carbocycles. The molecule has 1 aromatic rings. The molecule has 0 fully saturated rings. The third-order valence-electron chi connectivity index (χ3n) is 2.13. The molecule has 88 valence electrons. The third-order valence-corrected chi connectivity index (χ3v) is 2.13. The number of hydrogen-bond donors (Lipinski definition) is 2. The molecule has 0 aliphatic carbocycles. The van der Waals surface area contributed by atoms with E-state index in [1.54, 1.807) is 7.11 Å². The quantitative estimate of drug-likeness (QED) is 0.710. The first-order chi connectivity index (χ1) is 7.83. The van der Waals surface area contributed by atoms with Crippen molar-refractivity contribution in [3.63, 3.8) is 0 Å². The van der Waals surface area contributed by atoms with Crippen LogP contribution in [0.5, 0.6) is 0 Å². The summed E-state index contributed by atoms with van der Waals surface area (Å²) in [6.45, 7) is 1.71. The van der Waals surface area contributed by atoms with Crippen molar-refractivity contribution in [1.29, 1.82) is 0 Å². The average molecular weight is 222 g/mol. The van der Waals surface area contributed by atoms with Gasteiger partial charge in [0.15, 0.2) is 0 Å². The van der Waals surface area contributed by atoms with Crippen molar-refractivity contribution < 1.29 is 9.53 Å². The molecule has 0 radical (unpaired) electrons. The van der Waals surface area contributed by atoms with Gasteiger partial charge in [0.2, 0.25) is 0 Å². The van der Waals surface area contributed by atoms with Crippen molar-refractivity contribution in [3.05, 3.63) is 35.9 Å². The van der Waals surface area contributed by atoms with Crippen LogP contribution >= 0.6 is 0 Å². The fourth-order valence-electron chi connectivity index (χ4n) is 1.29. The van der Waals surface area contributed by atoms with Crippen LogP contribution < -0.4 is 10.6 Å². The highest BCUT2D eigenvalue weighted by atomic mass is 16.5. The van der Waals surface area contributed by atoms with E-state index in [-0.39, 0.29) is 6.03 Å². The number of methoxy groups -OCH3 is 1. The first-order valence-corrected chi connectivity index (χ1v) is 5.37. The molecule has 16 heavy (non-hydrogen) atoms. The Bertz CT molecular complexity index is 301. The van der Waals surface area contributed by atoms with Gasteiger partial charge in [0.05, 0.1) is 6.61 Å². The van der Waals surface area contributed by atoms with E-state index >= 15 is 0 Å². The first kappa shape index (κ1) is 12.5. The number of carbonyl (C=O) groups is 1. The minimum Gasteiger partial charge on any atom is -0.383 e. The third kappa shape index (κ3) is 5.36. The Labute approximate surface area is 96.0 Å². The van der Waals surface area contributed by atoms with E-state index in [9.17, 15) is 4.79 Å². The molecule has 0 unspecified atom stereocenters. The van der Waals surface area contributed by atoms with E-state index < -0.39 is 0 Å². The lowest BCUT2D eigenvalue weighted by Gasteiger charge is -2.06. The molecule has 0 spiro atoms. The number of hydrogen-bond acceptors (Lipinski definition) is 2. The largest absolute Gasteiger partial charge is 0.383 e. The van der Waals surface area contributed by atoms with Gasteiger partial charge in [-0.25, -0.2) is 4.79 Å². The Kier molecular flexibility index (Phi) is 6.03. The fraction of sp³-hybridized carbons (Fsp3) is 0.417. The van der Waals surface area contributed by atoms with Crippen LogP contribution in [0.15, 0.2) is 30.3 Å². The van der Waals surface area contributed by atoms with E-state index in [1.807, 2.05) is 30.3 Å². The van der Waals surface area contributed by atoms with E-state index in [2.05, 4.69) is 10.6 Å². The Hall–Kier alpha value is -1.55. The fourth-order valence-corrected chi connectivity index (χ4v) is 1.29. The van der Waals surface area contributed by atoms with Gasteiger partial charge >= 0.3 is 6.03 Å². The predicted octanol–water partition coefficient (Wildman–Crippen LogP) is 1.17. The van der Waals surface area contributed by atoms with E-state index in [0.29, 0.717) is 19.7 Å². The Morgan fingerprint density at radius 3 is 2.56 bits per heavy atom. The molecule has 0 saturated heterocycles. The molecule has 4 heteroatoms. The van der Waals surface area contributed by atoms with Crippen LogP contribution in [-0.2, 0) is 11.2 Å². The first-order valence-electron chi connectivity index (χ1n) is 5.37. The lowest BCUT2D eigenvalue weighted by atomic mass is 10.1.